The van der Waals surface area contributed by atoms with Crippen molar-refractivity contribution in [1.29, 1.82) is 0 Å². The van der Waals surface area contributed by atoms with Crippen LogP contribution in [0.1, 0.15) is 30.7 Å². The van der Waals surface area contributed by atoms with Gasteiger partial charge in [-0.2, -0.15) is 0 Å². The van der Waals surface area contributed by atoms with Crippen LogP contribution in [0.25, 0.3) is 23.1 Å². The topological polar surface area (TPSA) is 16.1 Å². The van der Waals surface area contributed by atoms with Gasteiger partial charge in [0, 0.05) is 29.2 Å². The molecule has 0 saturated heterocycles. The molecule has 124 valence electrons. The van der Waals surface area contributed by atoms with Crippen LogP contribution in [0.15, 0.2) is 66.9 Å². The Kier molecular flexibility index (Phi) is 3.50. The van der Waals surface area contributed by atoms with E-state index >= 15 is 0 Å². The molecule has 25 heavy (non-hydrogen) atoms. The summed E-state index contributed by atoms with van der Waals surface area (Å²) in [7, 11) is 2.09. The Morgan fingerprint density at radius 3 is 2.64 bits per heavy atom. The van der Waals surface area contributed by atoms with Gasteiger partial charge in [-0.3, -0.25) is 0 Å². The van der Waals surface area contributed by atoms with E-state index in [1.165, 1.54) is 22.2 Å². The predicted octanol–water partition coefficient (Wildman–Crippen LogP) is 5.65. The van der Waals surface area contributed by atoms with E-state index in [-0.39, 0.29) is 5.41 Å². The van der Waals surface area contributed by atoms with E-state index in [1.54, 1.807) is 0 Å². The van der Waals surface area contributed by atoms with Crippen molar-refractivity contribution in [3.05, 3.63) is 83.7 Å². The molecule has 2 nitrogen and oxygen atoms in total. The molecule has 0 unspecified atom stereocenters. The minimum atomic E-state index is -0.0326. The molecule has 0 aliphatic carbocycles. The number of hydrogen-bond donors (Lipinski definition) is 0. The zero-order chi connectivity index (χ0) is 17.6. The van der Waals surface area contributed by atoms with Crippen molar-refractivity contribution < 1.29 is 0 Å². The molecule has 0 spiro atoms. The van der Waals surface area contributed by atoms with E-state index in [2.05, 4.69) is 80.9 Å². The molecule has 4 rings (SSSR count). The van der Waals surface area contributed by atoms with Gasteiger partial charge in [0.05, 0.1) is 11.2 Å². The monoisotopic (exact) mass is 326 g/mol. The van der Waals surface area contributed by atoms with E-state index in [9.17, 15) is 0 Å². The highest BCUT2D eigenvalue weighted by atomic mass is 15.1. The van der Waals surface area contributed by atoms with Crippen molar-refractivity contribution in [2.75, 3.05) is 11.9 Å². The second-order valence-electron chi connectivity index (χ2n) is 7.17. The zero-order valence-corrected chi connectivity index (χ0v) is 15.0. The van der Waals surface area contributed by atoms with Crippen molar-refractivity contribution in [2.45, 2.75) is 19.3 Å². The summed E-state index contributed by atoms with van der Waals surface area (Å²) in [5.41, 5.74) is 6.86. The Morgan fingerprint density at radius 2 is 1.80 bits per heavy atom. The molecule has 2 heteroatoms. The SMILES string of the molecule is C=C1N(C)c2ccc(/C=C/c3ccc4ccccc4n3)cc2C1(C)C. The number of aromatic nitrogens is 1. The number of likely N-dealkylation sites (N-methyl/N-ethyl adjacent to an activating group) is 1. The van der Waals surface area contributed by atoms with Crippen LogP contribution in [0.2, 0.25) is 0 Å². The van der Waals surface area contributed by atoms with Crippen LogP contribution in [-0.4, -0.2) is 12.0 Å². The average molecular weight is 326 g/mol. The smallest absolute Gasteiger partial charge is 0.0709 e. The fourth-order valence-corrected chi connectivity index (χ4v) is 3.53. The molecule has 0 N–H and O–H groups in total. The van der Waals surface area contributed by atoms with Gasteiger partial charge in [-0.15, -0.1) is 0 Å². The van der Waals surface area contributed by atoms with Crippen molar-refractivity contribution in [3.8, 4) is 0 Å². The molecule has 1 aromatic heterocycles. The first-order valence-corrected chi connectivity index (χ1v) is 8.58. The summed E-state index contributed by atoms with van der Waals surface area (Å²) in [4.78, 5) is 6.89. The maximum Gasteiger partial charge on any atom is 0.0709 e. The Labute approximate surface area is 149 Å². The summed E-state index contributed by atoms with van der Waals surface area (Å²) in [5, 5.41) is 1.17. The fraction of sp³-hybridized carbons (Fsp3) is 0.174. The first-order valence-electron chi connectivity index (χ1n) is 8.58. The van der Waals surface area contributed by atoms with E-state index in [0.29, 0.717) is 0 Å². The summed E-state index contributed by atoms with van der Waals surface area (Å²) in [6.07, 6.45) is 4.21. The molecule has 3 aromatic rings. The van der Waals surface area contributed by atoms with Crippen LogP contribution in [0.5, 0.6) is 0 Å². The van der Waals surface area contributed by atoms with E-state index in [1.807, 2.05) is 18.2 Å². The van der Waals surface area contributed by atoms with Gasteiger partial charge in [-0.25, -0.2) is 4.98 Å². The molecule has 0 atom stereocenters. The largest absolute Gasteiger partial charge is 0.348 e. The van der Waals surface area contributed by atoms with Gasteiger partial charge >= 0.3 is 0 Å². The highest BCUT2D eigenvalue weighted by Crippen LogP contribution is 2.46. The molecule has 0 radical (unpaired) electrons. The molecular weight excluding hydrogens is 304 g/mol. The van der Waals surface area contributed by atoms with Crippen LogP contribution in [0, 0.1) is 0 Å². The van der Waals surface area contributed by atoms with Crippen LogP contribution in [0.3, 0.4) is 0 Å². The van der Waals surface area contributed by atoms with Gasteiger partial charge < -0.3 is 4.90 Å². The van der Waals surface area contributed by atoms with Crippen LogP contribution in [0.4, 0.5) is 5.69 Å². The number of allylic oxidation sites excluding steroid dienone is 1. The molecule has 1 aliphatic heterocycles. The summed E-state index contributed by atoms with van der Waals surface area (Å²) in [5.74, 6) is 0. The number of hydrogen-bond acceptors (Lipinski definition) is 2. The summed E-state index contributed by atoms with van der Waals surface area (Å²) in [6, 6.07) is 19.0. The number of fused-ring (bicyclic) bond motifs is 2. The van der Waals surface area contributed by atoms with Crippen molar-refractivity contribution in [2.24, 2.45) is 0 Å². The standard InChI is InChI=1S/C23H22N2/c1-16-23(2,3)20-15-17(10-14-22(20)25(16)4)9-12-19-13-11-18-7-5-6-8-21(18)24-19/h5-15H,1H2,2-4H3/b12-9+. The second kappa shape index (κ2) is 5.59. The lowest BCUT2D eigenvalue weighted by molar-refractivity contribution is 0.643. The Morgan fingerprint density at radius 1 is 1.00 bits per heavy atom. The fourth-order valence-electron chi connectivity index (χ4n) is 3.53. The third-order valence-electron chi connectivity index (χ3n) is 5.25. The quantitative estimate of drug-likeness (QED) is 0.605. The lowest BCUT2D eigenvalue weighted by Crippen LogP contribution is -2.21. The second-order valence-corrected chi connectivity index (χ2v) is 7.17. The van der Waals surface area contributed by atoms with Gasteiger partial charge in [0.1, 0.15) is 0 Å². The molecule has 1 aliphatic rings. The van der Waals surface area contributed by atoms with Crippen LogP contribution < -0.4 is 4.90 Å². The molecule has 2 heterocycles. The molecule has 0 bridgehead atoms. The van der Waals surface area contributed by atoms with Gasteiger partial charge in [-0.1, -0.05) is 56.8 Å². The predicted molar refractivity (Wildman–Crippen MR) is 108 cm³/mol. The van der Waals surface area contributed by atoms with Gasteiger partial charge in [-0.05, 0) is 41.5 Å². The zero-order valence-electron chi connectivity index (χ0n) is 15.0. The Hall–Kier alpha value is -2.87. The van der Waals surface area contributed by atoms with E-state index in [0.717, 1.165) is 16.9 Å². The van der Waals surface area contributed by atoms with Gasteiger partial charge in [0.25, 0.3) is 0 Å². The number of anilines is 1. The lowest BCUT2D eigenvalue weighted by atomic mass is 9.84. The van der Waals surface area contributed by atoms with E-state index in [4.69, 9.17) is 4.98 Å². The maximum absolute atomic E-state index is 4.71. The third-order valence-corrected chi connectivity index (χ3v) is 5.25. The number of rotatable bonds is 2. The average Bonchev–Trinajstić information content (AvgIpc) is 2.80. The molecule has 0 amide bonds. The van der Waals surface area contributed by atoms with Crippen LogP contribution in [-0.2, 0) is 5.41 Å². The van der Waals surface area contributed by atoms with Crippen LogP contribution >= 0.6 is 0 Å². The highest BCUT2D eigenvalue weighted by molar-refractivity contribution is 5.81. The van der Waals surface area contributed by atoms with Crippen molar-refractivity contribution in [1.82, 2.24) is 4.98 Å². The van der Waals surface area contributed by atoms with Crippen molar-refractivity contribution >= 4 is 28.7 Å². The van der Waals surface area contributed by atoms with E-state index < -0.39 is 0 Å². The molecule has 2 aromatic carbocycles. The lowest BCUT2D eigenvalue weighted by Gasteiger charge is -2.22. The maximum atomic E-state index is 4.71. The van der Waals surface area contributed by atoms with Crippen molar-refractivity contribution in [3.63, 3.8) is 0 Å². The molecule has 0 saturated carbocycles. The Bertz CT molecular complexity index is 1010. The summed E-state index contributed by atoms with van der Waals surface area (Å²) in [6.45, 7) is 8.72. The molecule has 0 fully saturated rings. The summed E-state index contributed by atoms with van der Waals surface area (Å²) >= 11 is 0. The van der Waals surface area contributed by atoms with Gasteiger partial charge in [0.15, 0.2) is 0 Å². The minimum Gasteiger partial charge on any atom is -0.348 e. The Balaban J connectivity index is 1.68. The molecular formula is C23H22N2. The minimum absolute atomic E-state index is 0.0326. The first kappa shape index (κ1) is 15.6. The normalized spacial score (nSPS) is 16.0. The van der Waals surface area contributed by atoms with Gasteiger partial charge in [0.2, 0.25) is 0 Å². The third kappa shape index (κ3) is 2.54. The number of benzene rings is 2. The number of pyridine rings is 1. The number of nitrogens with zero attached hydrogens (tertiary/aromatic N) is 2. The highest BCUT2D eigenvalue weighted by Gasteiger charge is 2.36. The number of para-hydroxylation sites is 1. The first-order chi connectivity index (χ1) is 12.0. The summed E-state index contributed by atoms with van der Waals surface area (Å²) < 4.78 is 0.